The summed E-state index contributed by atoms with van der Waals surface area (Å²) < 4.78 is 5.65. The zero-order valence-corrected chi connectivity index (χ0v) is 12.9. The van der Waals surface area contributed by atoms with Gasteiger partial charge in [-0.15, -0.1) is 0 Å². The van der Waals surface area contributed by atoms with Crippen molar-refractivity contribution in [1.29, 1.82) is 0 Å². The molecular formula is C13H18ClNO3S. The summed E-state index contributed by atoms with van der Waals surface area (Å²) >= 11 is 10.2. The Morgan fingerprint density at radius 3 is 2.53 bits per heavy atom. The van der Waals surface area contributed by atoms with Crippen LogP contribution in [0.15, 0.2) is 18.2 Å². The average Bonchev–Trinajstić information content (AvgIpc) is 2.27. The Labute approximate surface area is 123 Å². The van der Waals surface area contributed by atoms with Crippen LogP contribution in [0.3, 0.4) is 0 Å². The van der Waals surface area contributed by atoms with E-state index in [-0.39, 0.29) is 22.0 Å². The summed E-state index contributed by atoms with van der Waals surface area (Å²) in [5.41, 5.74) is -0.0256. The van der Waals surface area contributed by atoms with E-state index in [0.717, 1.165) is 0 Å². The van der Waals surface area contributed by atoms with Gasteiger partial charge in [-0.1, -0.05) is 32.4 Å². The lowest BCUT2D eigenvalue weighted by molar-refractivity contribution is -0.384. The van der Waals surface area contributed by atoms with Gasteiger partial charge in [0.2, 0.25) is 0 Å². The number of nitro groups is 1. The molecule has 0 aromatic heterocycles. The molecule has 0 spiro atoms. The first-order valence-corrected chi connectivity index (χ1v) is 6.94. The van der Waals surface area contributed by atoms with Gasteiger partial charge in [0, 0.05) is 18.1 Å². The highest BCUT2D eigenvalue weighted by molar-refractivity contribution is 7.80. The van der Waals surface area contributed by atoms with Crippen molar-refractivity contribution < 1.29 is 9.66 Å². The Bertz CT molecular complexity index is 460. The van der Waals surface area contributed by atoms with Crippen LogP contribution in [0.25, 0.3) is 0 Å². The summed E-state index contributed by atoms with van der Waals surface area (Å²) in [6, 6.07) is 4.38. The van der Waals surface area contributed by atoms with E-state index in [2.05, 4.69) is 33.4 Å². The van der Waals surface area contributed by atoms with E-state index in [1.807, 2.05) is 0 Å². The molecule has 1 aromatic carbocycles. The molecule has 1 unspecified atom stereocenters. The molecule has 0 amide bonds. The maximum atomic E-state index is 10.6. The standard InChI is InChI=1S/C13H18ClNO3S/c1-13(2,3)9(8-19)7-18-10-4-5-12(15(16)17)11(14)6-10/h4-6,9,19H,7-8H2,1-3H3. The highest BCUT2D eigenvalue weighted by Crippen LogP contribution is 2.31. The van der Waals surface area contributed by atoms with E-state index in [4.69, 9.17) is 16.3 Å². The number of nitrogens with zero attached hydrogens (tertiary/aromatic N) is 1. The van der Waals surface area contributed by atoms with E-state index in [1.54, 1.807) is 6.07 Å². The number of nitro benzene ring substituents is 1. The topological polar surface area (TPSA) is 52.4 Å². The van der Waals surface area contributed by atoms with E-state index in [9.17, 15) is 10.1 Å². The third-order valence-corrected chi connectivity index (χ3v) is 3.76. The molecule has 0 radical (unpaired) electrons. The fourth-order valence-corrected chi connectivity index (χ4v) is 2.39. The van der Waals surface area contributed by atoms with E-state index < -0.39 is 4.92 Å². The minimum absolute atomic E-state index is 0.0840. The quantitative estimate of drug-likeness (QED) is 0.503. The molecule has 4 nitrogen and oxygen atoms in total. The van der Waals surface area contributed by atoms with E-state index in [0.29, 0.717) is 18.1 Å². The zero-order valence-electron chi connectivity index (χ0n) is 11.2. The SMILES string of the molecule is CC(C)(C)C(CS)COc1ccc([N+](=O)[O-])c(Cl)c1. The molecule has 0 saturated heterocycles. The molecule has 1 aromatic rings. The molecule has 1 atom stereocenters. The molecule has 0 bridgehead atoms. The van der Waals surface area contributed by atoms with Crippen LogP contribution in [0.1, 0.15) is 20.8 Å². The summed E-state index contributed by atoms with van der Waals surface area (Å²) in [4.78, 5) is 10.1. The van der Waals surface area contributed by atoms with Crippen LogP contribution in [0.2, 0.25) is 5.02 Å². The van der Waals surface area contributed by atoms with Gasteiger partial charge in [0.15, 0.2) is 0 Å². The lowest BCUT2D eigenvalue weighted by Crippen LogP contribution is -2.28. The molecular weight excluding hydrogens is 286 g/mol. The van der Waals surface area contributed by atoms with Gasteiger partial charge in [-0.25, -0.2) is 0 Å². The first kappa shape index (κ1) is 16.1. The summed E-state index contributed by atoms with van der Waals surface area (Å²) in [5.74, 6) is 1.53. The van der Waals surface area contributed by atoms with Crippen LogP contribution in [-0.2, 0) is 0 Å². The number of ether oxygens (including phenoxy) is 1. The summed E-state index contributed by atoms with van der Waals surface area (Å²) in [7, 11) is 0. The minimum atomic E-state index is -0.516. The second-order valence-corrected chi connectivity index (χ2v) is 6.20. The molecule has 19 heavy (non-hydrogen) atoms. The van der Waals surface area contributed by atoms with Gasteiger partial charge in [0.05, 0.1) is 11.5 Å². The molecule has 6 heteroatoms. The minimum Gasteiger partial charge on any atom is -0.493 e. The third kappa shape index (κ3) is 4.58. The summed E-state index contributed by atoms with van der Waals surface area (Å²) in [5, 5.41) is 10.7. The van der Waals surface area contributed by atoms with Gasteiger partial charge in [0.1, 0.15) is 10.8 Å². The molecule has 0 fully saturated rings. The Hall–Kier alpha value is -0.940. The van der Waals surface area contributed by atoms with Crippen molar-refractivity contribution in [3.63, 3.8) is 0 Å². The van der Waals surface area contributed by atoms with Crippen molar-refractivity contribution in [3.05, 3.63) is 33.3 Å². The van der Waals surface area contributed by atoms with Crippen LogP contribution in [0.4, 0.5) is 5.69 Å². The lowest BCUT2D eigenvalue weighted by Gasteiger charge is -2.29. The van der Waals surface area contributed by atoms with Gasteiger partial charge in [0.25, 0.3) is 5.69 Å². The monoisotopic (exact) mass is 303 g/mol. The maximum absolute atomic E-state index is 10.6. The fourth-order valence-electron chi connectivity index (χ4n) is 1.50. The maximum Gasteiger partial charge on any atom is 0.288 e. The van der Waals surface area contributed by atoms with Crippen LogP contribution < -0.4 is 4.74 Å². The number of halogens is 1. The first-order valence-electron chi connectivity index (χ1n) is 5.93. The Morgan fingerprint density at radius 1 is 1.47 bits per heavy atom. The summed E-state index contributed by atoms with van der Waals surface area (Å²) in [6.07, 6.45) is 0. The molecule has 0 N–H and O–H groups in total. The normalized spacial score (nSPS) is 13.1. The van der Waals surface area contributed by atoms with Gasteiger partial charge < -0.3 is 4.74 Å². The van der Waals surface area contributed by atoms with Gasteiger partial charge in [-0.05, 0) is 17.2 Å². The zero-order chi connectivity index (χ0) is 14.6. The number of hydrogen-bond donors (Lipinski definition) is 1. The molecule has 106 valence electrons. The second kappa shape index (κ2) is 6.48. The number of thiol groups is 1. The molecule has 0 aliphatic carbocycles. The third-order valence-electron chi connectivity index (χ3n) is 3.01. The van der Waals surface area contributed by atoms with Gasteiger partial charge >= 0.3 is 0 Å². The predicted molar refractivity (Wildman–Crippen MR) is 80.4 cm³/mol. The second-order valence-electron chi connectivity index (χ2n) is 5.43. The fraction of sp³-hybridized carbons (Fsp3) is 0.538. The number of hydrogen-bond acceptors (Lipinski definition) is 4. The predicted octanol–water partition coefficient (Wildman–Crippen LogP) is 4.22. The molecule has 0 heterocycles. The Kier molecular flexibility index (Phi) is 5.50. The molecule has 0 saturated carbocycles. The first-order chi connectivity index (χ1) is 8.75. The van der Waals surface area contributed by atoms with Gasteiger partial charge in [-0.3, -0.25) is 10.1 Å². The highest BCUT2D eigenvalue weighted by atomic mass is 35.5. The van der Waals surface area contributed by atoms with Gasteiger partial charge in [-0.2, -0.15) is 12.6 Å². The summed E-state index contributed by atoms with van der Waals surface area (Å²) in [6.45, 7) is 6.88. The van der Waals surface area contributed by atoms with Crippen LogP contribution in [0.5, 0.6) is 5.75 Å². The Balaban J connectivity index is 2.74. The van der Waals surface area contributed by atoms with Crippen molar-refractivity contribution in [1.82, 2.24) is 0 Å². The lowest BCUT2D eigenvalue weighted by atomic mass is 9.82. The van der Waals surface area contributed by atoms with Crippen molar-refractivity contribution in [2.75, 3.05) is 12.4 Å². The molecule has 1 rings (SSSR count). The smallest absolute Gasteiger partial charge is 0.288 e. The van der Waals surface area contributed by atoms with Crippen LogP contribution in [-0.4, -0.2) is 17.3 Å². The average molecular weight is 304 g/mol. The molecule has 0 aliphatic heterocycles. The number of benzene rings is 1. The van der Waals surface area contributed by atoms with Crippen molar-refractivity contribution in [2.24, 2.45) is 11.3 Å². The van der Waals surface area contributed by atoms with E-state index >= 15 is 0 Å². The van der Waals surface area contributed by atoms with Crippen molar-refractivity contribution in [3.8, 4) is 5.75 Å². The van der Waals surface area contributed by atoms with Crippen LogP contribution >= 0.6 is 24.2 Å². The van der Waals surface area contributed by atoms with Crippen molar-refractivity contribution in [2.45, 2.75) is 20.8 Å². The Morgan fingerprint density at radius 2 is 2.11 bits per heavy atom. The molecule has 0 aliphatic rings. The number of rotatable bonds is 5. The van der Waals surface area contributed by atoms with E-state index in [1.165, 1.54) is 12.1 Å². The highest BCUT2D eigenvalue weighted by Gasteiger charge is 2.24. The van der Waals surface area contributed by atoms with Crippen molar-refractivity contribution >= 4 is 29.9 Å². The largest absolute Gasteiger partial charge is 0.493 e. The van der Waals surface area contributed by atoms with Crippen LogP contribution in [0, 0.1) is 21.4 Å².